The zero-order valence-electron chi connectivity index (χ0n) is 13.6. The number of hydrogen-bond donors (Lipinski definition) is 1. The molecule has 124 valence electrons. The Balaban J connectivity index is 1.70. The second-order valence-corrected chi connectivity index (χ2v) is 6.42. The van der Waals surface area contributed by atoms with Crippen LogP contribution in [-0.4, -0.2) is 45.5 Å². The van der Waals surface area contributed by atoms with E-state index in [4.69, 9.17) is 4.52 Å². The number of nitrogens with zero attached hydrogens (tertiary/aromatic N) is 3. The van der Waals surface area contributed by atoms with Crippen LogP contribution in [0.4, 0.5) is 0 Å². The van der Waals surface area contributed by atoms with Crippen molar-refractivity contribution < 1.29 is 9.63 Å². The number of aliphatic hydroxyl groups is 1. The quantitative estimate of drug-likeness (QED) is 0.840. The van der Waals surface area contributed by atoms with E-state index in [1.54, 1.807) is 0 Å². The third-order valence-electron chi connectivity index (χ3n) is 4.61. The van der Waals surface area contributed by atoms with Crippen LogP contribution in [0, 0.1) is 5.92 Å². The predicted molar refractivity (Wildman–Crippen MR) is 87.0 cm³/mol. The highest BCUT2D eigenvalue weighted by molar-refractivity contribution is 5.54. The molecule has 2 unspecified atom stereocenters. The summed E-state index contributed by atoms with van der Waals surface area (Å²) in [7, 11) is 2.01. The van der Waals surface area contributed by atoms with E-state index in [2.05, 4.69) is 17.0 Å². The molecule has 0 bridgehead atoms. The van der Waals surface area contributed by atoms with Crippen LogP contribution in [0.25, 0.3) is 11.4 Å². The molecule has 0 amide bonds. The van der Waals surface area contributed by atoms with Crippen molar-refractivity contribution in [3.63, 3.8) is 0 Å². The van der Waals surface area contributed by atoms with Crippen LogP contribution in [0.5, 0.6) is 0 Å². The fourth-order valence-corrected chi connectivity index (χ4v) is 2.93. The fraction of sp³-hybridized carbons (Fsp3) is 0.529. The van der Waals surface area contributed by atoms with E-state index in [9.17, 15) is 9.90 Å². The van der Waals surface area contributed by atoms with Crippen LogP contribution in [-0.2, 0) is 6.54 Å². The van der Waals surface area contributed by atoms with Gasteiger partial charge in [-0.2, -0.15) is 0 Å². The van der Waals surface area contributed by atoms with Crippen molar-refractivity contribution in [1.82, 2.24) is 14.6 Å². The molecule has 1 heterocycles. The number of aliphatic hydroxyl groups excluding tert-OH is 1. The zero-order valence-corrected chi connectivity index (χ0v) is 13.6. The molecule has 1 saturated carbocycles. The van der Waals surface area contributed by atoms with Gasteiger partial charge in [0.25, 0.3) is 0 Å². The lowest BCUT2D eigenvalue weighted by molar-refractivity contribution is 0.0879. The van der Waals surface area contributed by atoms with Gasteiger partial charge in [-0.05, 0) is 32.7 Å². The fourth-order valence-electron chi connectivity index (χ4n) is 2.93. The van der Waals surface area contributed by atoms with Crippen LogP contribution < -0.4 is 5.76 Å². The number of hydrogen-bond acceptors (Lipinski definition) is 5. The Morgan fingerprint density at radius 3 is 2.74 bits per heavy atom. The van der Waals surface area contributed by atoms with Gasteiger partial charge in [-0.1, -0.05) is 35.5 Å². The first-order chi connectivity index (χ1) is 11.1. The normalized spacial score (nSPS) is 17.4. The summed E-state index contributed by atoms with van der Waals surface area (Å²) >= 11 is 0. The van der Waals surface area contributed by atoms with Crippen molar-refractivity contribution in [3.8, 4) is 11.4 Å². The molecule has 0 radical (unpaired) electrons. The van der Waals surface area contributed by atoms with Crippen LogP contribution in [0.15, 0.2) is 39.6 Å². The molecule has 2 aromatic rings. The summed E-state index contributed by atoms with van der Waals surface area (Å²) in [5.41, 5.74) is 0.797. The van der Waals surface area contributed by atoms with Gasteiger partial charge in [-0.15, -0.1) is 0 Å². The number of rotatable bonds is 7. The Bertz CT molecular complexity index is 691. The average Bonchev–Trinajstić information content (AvgIpc) is 3.33. The summed E-state index contributed by atoms with van der Waals surface area (Å²) < 4.78 is 6.18. The maximum Gasteiger partial charge on any atom is 0.441 e. The minimum atomic E-state index is -0.652. The molecule has 1 aromatic heterocycles. The van der Waals surface area contributed by atoms with Gasteiger partial charge >= 0.3 is 5.76 Å². The predicted octanol–water partition coefficient (Wildman–Crippen LogP) is 1.59. The maximum atomic E-state index is 11.9. The molecule has 1 aliphatic carbocycles. The molecule has 23 heavy (non-hydrogen) atoms. The van der Waals surface area contributed by atoms with Crippen molar-refractivity contribution >= 4 is 0 Å². The van der Waals surface area contributed by atoms with E-state index in [0.717, 1.165) is 11.5 Å². The largest absolute Gasteiger partial charge is 0.441 e. The van der Waals surface area contributed by atoms with Gasteiger partial charge in [-0.3, -0.25) is 9.09 Å². The zero-order chi connectivity index (χ0) is 16.4. The monoisotopic (exact) mass is 317 g/mol. The van der Waals surface area contributed by atoms with Crippen molar-refractivity contribution in [2.45, 2.75) is 38.5 Å². The summed E-state index contributed by atoms with van der Waals surface area (Å²) in [6.07, 6.45) is 1.89. The number of benzene rings is 1. The molecular weight excluding hydrogens is 294 g/mol. The van der Waals surface area contributed by atoms with E-state index >= 15 is 0 Å². The molecule has 2 atom stereocenters. The third kappa shape index (κ3) is 3.71. The lowest BCUT2D eigenvalue weighted by atomic mass is 10.1. The highest BCUT2D eigenvalue weighted by Gasteiger charge is 2.31. The first-order valence-electron chi connectivity index (χ1n) is 8.06. The minimum Gasteiger partial charge on any atom is -0.390 e. The molecule has 1 aliphatic rings. The number of likely N-dealkylation sites (N-methyl/N-ethyl adjacent to an activating group) is 1. The lowest BCUT2D eigenvalue weighted by Crippen LogP contribution is -2.39. The van der Waals surface area contributed by atoms with Gasteiger partial charge in [0.1, 0.15) is 0 Å². The summed E-state index contributed by atoms with van der Waals surface area (Å²) in [4.78, 5) is 14.1. The lowest BCUT2D eigenvalue weighted by Gasteiger charge is -2.27. The molecule has 1 N–H and O–H groups in total. The summed E-state index contributed by atoms with van der Waals surface area (Å²) in [6, 6.07) is 9.83. The van der Waals surface area contributed by atoms with Crippen LogP contribution in [0.2, 0.25) is 0 Å². The first-order valence-corrected chi connectivity index (χ1v) is 8.06. The Morgan fingerprint density at radius 1 is 1.39 bits per heavy atom. The van der Waals surface area contributed by atoms with Gasteiger partial charge in [-0.25, -0.2) is 4.79 Å². The Morgan fingerprint density at radius 2 is 2.09 bits per heavy atom. The topological polar surface area (TPSA) is 71.5 Å². The molecule has 6 nitrogen and oxygen atoms in total. The van der Waals surface area contributed by atoms with Crippen molar-refractivity contribution in [3.05, 3.63) is 40.9 Å². The molecule has 3 rings (SSSR count). The molecule has 0 saturated heterocycles. The van der Waals surface area contributed by atoms with Gasteiger partial charge in [0, 0.05) is 18.2 Å². The van der Waals surface area contributed by atoms with Gasteiger partial charge in [0.2, 0.25) is 0 Å². The minimum absolute atomic E-state index is 0.175. The van der Waals surface area contributed by atoms with Gasteiger partial charge < -0.3 is 10.0 Å². The molecule has 6 heteroatoms. The Labute approximate surface area is 135 Å². The van der Waals surface area contributed by atoms with Crippen LogP contribution in [0.1, 0.15) is 19.8 Å². The second-order valence-electron chi connectivity index (χ2n) is 6.42. The van der Waals surface area contributed by atoms with E-state index in [1.165, 1.54) is 17.4 Å². The van der Waals surface area contributed by atoms with E-state index in [1.807, 2.05) is 37.4 Å². The Kier molecular flexibility index (Phi) is 4.63. The summed E-state index contributed by atoms with van der Waals surface area (Å²) in [6.45, 7) is 2.88. The maximum absolute atomic E-state index is 11.9. The smallest absolute Gasteiger partial charge is 0.390 e. The van der Waals surface area contributed by atoms with E-state index in [0.29, 0.717) is 18.4 Å². The van der Waals surface area contributed by atoms with Crippen molar-refractivity contribution in [2.75, 3.05) is 13.6 Å². The van der Waals surface area contributed by atoms with Gasteiger partial charge in [0.05, 0.1) is 12.6 Å². The van der Waals surface area contributed by atoms with Crippen molar-refractivity contribution in [2.24, 2.45) is 5.92 Å². The van der Waals surface area contributed by atoms with Crippen LogP contribution >= 0.6 is 0 Å². The molecule has 1 aromatic carbocycles. The highest BCUT2D eigenvalue weighted by Crippen LogP contribution is 2.34. The highest BCUT2D eigenvalue weighted by atomic mass is 16.5. The average molecular weight is 317 g/mol. The SMILES string of the molecule is CC(C1CC1)N(C)CC(O)Cn1c(-c2ccccc2)noc1=O. The standard InChI is InChI=1S/C17H23N3O3/c1-12(13-8-9-13)19(2)10-15(21)11-20-16(18-23-17(20)22)14-6-4-3-5-7-14/h3-7,12-13,15,21H,8-11H2,1-2H3. The van der Waals surface area contributed by atoms with E-state index in [-0.39, 0.29) is 6.54 Å². The Hall–Kier alpha value is -1.92. The second kappa shape index (κ2) is 6.68. The summed E-state index contributed by atoms with van der Waals surface area (Å²) in [5, 5.41) is 14.2. The number of aromatic nitrogens is 2. The molecular formula is C17H23N3O3. The summed E-state index contributed by atoms with van der Waals surface area (Å²) in [5.74, 6) is 0.652. The molecule has 1 fully saturated rings. The third-order valence-corrected chi connectivity index (χ3v) is 4.61. The molecule has 0 aliphatic heterocycles. The van der Waals surface area contributed by atoms with Gasteiger partial charge in [0.15, 0.2) is 5.82 Å². The van der Waals surface area contributed by atoms with Crippen LogP contribution in [0.3, 0.4) is 0 Å². The van der Waals surface area contributed by atoms with E-state index < -0.39 is 11.9 Å². The first kappa shape index (κ1) is 16.0. The van der Waals surface area contributed by atoms with Crippen molar-refractivity contribution in [1.29, 1.82) is 0 Å². The molecule has 0 spiro atoms.